The number of nitrogens with one attached hydrogen (secondary N) is 2. The highest BCUT2D eigenvalue weighted by Crippen LogP contribution is 2.36. The molecule has 2 N–H and O–H groups in total. The molecule has 0 spiro atoms. The predicted molar refractivity (Wildman–Crippen MR) is 134 cm³/mol. The van der Waals surface area contributed by atoms with Gasteiger partial charge in [0, 0.05) is 36.1 Å². The Morgan fingerprint density at radius 1 is 1.09 bits per heavy atom. The molecule has 1 saturated heterocycles. The van der Waals surface area contributed by atoms with Gasteiger partial charge < -0.3 is 15.4 Å². The summed E-state index contributed by atoms with van der Waals surface area (Å²) in [6.45, 7) is 3.81. The van der Waals surface area contributed by atoms with Crippen LogP contribution in [0.3, 0.4) is 0 Å². The molecule has 182 valence electrons. The molecular formula is C26H27N3O5S. The SMILES string of the molecule is Cc1cc2c(cc1S(=O)(=O)N1CCC(C(=O)Nc3cccc4ccccc34)CC1)OC(C)C(=O)N2. The second-order valence-corrected chi connectivity index (χ2v) is 11.0. The number of piperidine rings is 1. The third-order valence-electron chi connectivity index (χ3n) is 6.70. The number of hydrogen-bond donors (Lipinski definition) is 2. The molecule has 0 aliphatic carbocycles. The molecule has 8 nitrogen and oxygen atoms in total. The number of nitrogens with zero attached hydrogens (tertiary/aromatic N) is 1. The van der Waals surface area contributed by atoms with Crippen LogP contribution >= 0.6 is 0 Å². The van der Waals surface area contributed by atoms with Crippen LogP contribution < -0.4 is 15.4 Å². The van der Waals surface area contributed by atoms with Gasteiger partial charge in [0.1, 0.15) is 5.75 Å². The number of anilines is 2. The first-order valence-electron chi connectivity index (χ1n) is 11.6. The monoisotopic (exact) mass is 493 g/mol. The van der Waals surface area contributed by atoms with E-state index in [1.165, 1.54) is 10.4 Å². The average molecular weight is 494 g/mol. The zero-order chi connectivity index (χ0) is 24.7. The minimum absolute atomic E-state index is 0.0958. The molecule has 2 amide bonds. The van der Waals surface area contributed by atoms with Crippen LogP contribution in [0.25, 0.3) is 10.8 Å². The van der Waals surface area contributed by atoms with Crippen molar-refractivity contribution in [2.45, 2.75) is 37.7 Å². The average Bonchev–Trinajstić information content (AvgIpc) is 2.85. The number of aryl methyl sites for hydroxylation is 1. The number of rotatable bonds is 4. The Bertz CT molecular complexity index is 1420. The molecule has 2 heterocycles. The number of carbonyl (C=O) groups excluding carboxylic acids is 2. The van der Waals surface area contributed by atoms with E-state index in [-0.39, 0.29) is 35.7 Å². The van der Waals surface area contributed by atoms with Gasteiger partial charge in [0.05, 0.1) is 10.6 Å². The molecule has 1 unspecified atom stereocenters. The van der Waals surface area contributed by atoms with Gasteiger partial charge in [0.15, 0.2) is 6.10 Å². The Hall–Kier alpha value is -3.43. The zero-order valence-electron chi connectivity index (χ0n) is 19.6. The van der Waals surface area contributed by atoms with E-state index in [2.05, 4.69) is 10.6 Å². The maximum absolute atomic E-state index is 13.4. The van der Waals surface area contributed by atoms with Gasteiger partial charge in [0.2, 0.25) is 15.9 Å². The van der Waals surface area contributed by atoms with Crippen LogP contribution in [-0.4, -0.2) is 43.7 Å². The fourth-order valence-electron chi connectivity index (χ4n) is 4.69. The van der Waals surface area contributed by atoms with Crippen LogP contribution in [0.5, 0.6) is 5.75 Å². The summed E-state index contributed by atoms with van der Waals surface area (Å²) in [5, 5.41) is 7.79. The third kappa shape index (κ3) is 4.37. The minimum Gasteiger partial charge on any atom is -0.479 e. The van der Waals surface area contributed by atoms with Crippen molar-refractivity contribution in [3.8, 4) is 5.75 Å². The molecule has 0 radical (unpaired) electrons. The second-order valence-electron chi connectivity index (χ2n) is 9.06. The second kappa shape index (κ2) is 8.98. The molecule has 3 aromatic carbocycles. The Balaban J connectivity index is 1.29. The van der Waals surface area contributed by atoms with E-state index in [4.69, 9.17) is 4.74 Å². The summed E-state index contributed by atoms with van der Waals surface area (Å²) in [6, 6.07) is 16.7. The van der Waals surface area contributed by atoms with Gasteiger partial charge in [-0.1, -0.05) is 36.4 Å². The molecule has 1 atom stereocenters. The number of ether oxygens (including phenoxy) is 1. The van der Waals surface area contributed by atoms with Crippen LogP contribution in [-0.2, 0) is 19.6 Å². The first-order valence-corrected chi connectivity index (χ1v) is 13.1. The van der Waals surface area contributed by atoms with Gasteiger partial charge in [-0.2, -0.15) is 4.31 Å². The molecule has 0 saturated carbocycles. The van der Waals surface area contributed by atoms with E-state index in [0.717, 1.165) is 16.5 Å². The largest absolute Gasteiger partial charge is 0.479 e. The van der Waals surface area contributed by atoms with Gasteiger partial charge in [-0.15, -0.1) is 0 Å². The van der Waals surface area contributed by atoms with E-state index in [1.54, 1.807) is 19.9 Å². The van der Waals surface area contributed by atoms with E-state index in [1.807, 2.05) is 42.5 Å². The lowest BCUT2D eigenvalue weighted by molar-refractivity contribution is -0.123. The molecular weight excluding hydrogens is 466 g/mol. The number of hydrogen-bond acceptors (Lipinski definition) is 5. The first kappa shape index (κ1) is 23.3. The number of fused-ring (bicyclic) bond motifs is 2. The van der Waals surface area contributed by atoms with Crippen molar-refractivity contribution in [2.24, 2.45) is 5.92 Å². The number of benzene rings is 3. The smallest absolute Gasteiger partial charge is 0.265 e. The van der Waals surface area contributed by atoms with Crippen molar-refractivity contribution in [3.63, 3.8) is 0 Å². The lowest BCUT2D eigenvalue weighted by Gasteiger charge is -2.31. The number of amides is 2. The highest BCUT2D eigenvalue weighted by Gasteiger charge is 2.34. The molecule has 0 bridgehead atoms. The van der Waals surface area contributed by atoms with E-state index in [0.29, 0.717) is 29.8 Å². The summed E-state index contributed by atoms with van der Waals surface area (Å²) in [4.78, 5) is 25.0. The Morgan fingerprint density at radius 2 is 1.80 bits per heavy atom. The maximum atomic E-state index is 13.4. The topological polar surface area (TPSA) is 105 Å². The van der Waals surface area contributed by atoms with E-state index in [9.17, 15) is 18.0 Å². The molecule has 1 fully saturated rings. The molecule has 35 heavy (non-hydrogen) atoms. The summed E-state index contributed by atoms with van der Waals surface area (Å²) in [6.07, 6.45) is 0.170. The van der Waals surface area contributed by atoms with Crippen molar-refractivity contribution in [1.82, 2.24) is 4.31 Å². The predicted octanol–water partition coefficient (Wildman–Crippen LogP) is 3.91. The van der Waals surface area contributed by atoms with Crippen molar-refractivity contribution >= 4 is 44.0 Å². The fraction of sp³-hybridized carbons (Fsp3) is 0.308. The molecule has 3 aromatic rings. The first-order chi connectivity index (χ1) is 16.7. The van der Waals surface area contributed by atoms with Gasteiger partial charge in [0.25, 0.3) is 5.91 Å². The van der Waals surface area contributed by atoms with Crippen molar-refractivity contribution in [2.75, 3.05) is 23.7 Å². The zero-order valence-corrected chi connectivity index (χ0v) is 20.4. The standard InChI is InChI=1S/C26H27N3O5S/c1-16-14-22-23(34-17(2)25(30)28-22)15-24(16)35(32,33)29-12-10-19(11-13-29)26(31)27-21-9-5-7-18-6-3-4-8-20(18)21/h3-9,14-15,17,19H,10-13H2,1-2H3,(H,27,31)(H,28,30). The van der Waals surface area contributed by atoms with Crippen LogP contribution in [0.4, 0.5) is 11.4 Å². The quantitative estimate of drug-likeness (QED) is 0.574. The molecule has 2 aliphatic heterocycles. The van der Waals surface area contributed by atoms with Gasteiger partial charge in [-0.05, 0) is 49.8 Å². The van der Waals surface area contributed by atoms with Gasteiger partial charge in [-0.25, -0.2) is 8.42 Å². The molecule has 5 rings (SSSR count). The van der Waals surface area contributed by atoms with E-state index < -0.39 is 16.1 Å². The lowest BCUT2D eigenvalue weighted by Crippen LogP contribution is -2.41. The Morgan fingerprint density at radius 3 is 2.57 bits per heavy atom. The van der Waals surface area contributed by atoms with Gasteiger partial charge in [-0.3, -0.25) is 9.59 Å². The Kier molecular flexibility index (Phi) is 5.98. The molecule has 9 heteroatoms. The minimum atomic E-state index is -3.79. The number of carbonyl (C=O) groups is 2. The fourth-order valence-corrected chi connectivity index (χ4v) is 6.38. The maximum Gasteiger partial charge on any atom is 0.265 e. The van der Waals surface area contributed by atoms with Crippen LogP contribution in [0, 0.1) is 12.8 Å². The molecule has 0 aromatic heterocycles. The van der Waals surface area contributed by atoms with Crippen molar-refractivity contribution in [1.29, 1.82) is 0 Å². The van der Waals surface area contributed by atoms with Crippen LogP contribution in [0.1, 0.15) is 25.3 Å². The van der Waals surface area contributed by atoms with Gasteiger partial charge >= 0.3 is 0 Å². The highest BCUT2D eigenvalue weighted by molar-refractivity contribution is 7.89. The Labute approximate surface area is 204 Å². The third-order valence-corrected chi connectivity index (χ3v) is 8.74. The summed E-state index contributed by atoms with van der Waals surface area (Å²) >= 11 is 0. The summed E-state index contributed by atoms with van der Waals surface area (Å²) < 4.78 is 33.9. The lowest BCUT2D eigenvalue weighted by atomic mass is 9.97. The normalized spacial score (nSPS) is 19.0. The van der Waals surface area contributed by atoms with Crippen LogP contribution in [0.2, 0.25) is 0 Å². The van der Waals surface area contributed by atoms with E-state index >= 15 is 0 Å². The summed E-state index contributed by atoms with van der Waals surface area (Å²) in [5.41, 5.74) is 1.75. The van der Waals surface area contributed by atoms with Crippen molar-refractivity contribution in [3.05, 3.63) is 60.2 Å². The molecule has 2 aliphatic rings. The van der Waals surface area contributed by atoms with Crippen molar-refractivity contribution < 1.29 is 22.7 Å². The van der Waals surface area contributed by atoms with Crippen LogP contribution in [0.15, 0.2) is 59.5 Å². The summed E-state index contributed by atoms with van der Waals surface area (Å²) in [5.74, 6) is -0.298. The number of sulfonamides is 1. The highest BCUT2D eigenvalue weighted by atomic mass is 32.2. The summed E-state index contributed by atoms with van der Waals surface area (Å²) in [7, 11) is -3.79.